The first kappa shape index (κ1) is 25.5. The molecule has 0 spiro atoms. The van der Waals surface area contributed by atoms with Gasteiger partial charge >= 0.3 is 5.97 Å². The summed E-state index contributed by atoms with van der Waals surface area (Å²) in [5.74, 6) is 1.03. The van der Waals surface area contributed by atoms with E-state index in [2.05, 4.69) is 22.2 Å². The average molecular weight is 474 g/mol. The van der Waals surface area contributed by atoms with Crippen molar-refractivity contribution in [3.8, 4) is 11.5 Å². The normalized spacial score (nSPS) is 14.7. The molecule has 0 aromatic heterocycles. The molecule has 1 aliphatic heterocycles. The molecule has 7 heteroatoms. The van der Waals surface area contributed by atoms with Crippen molar-refractivity contribution in [1.29, 1.82) is 0 Å². The maximum absolute atomic E-state index is 12.6. The van der Waals surface area contributed by atoms with Crippen LogP contribution in [0.15, 0.2) is 77.6 Å². The van der Waals surface area contributed by atoms with Crippen molar-refractivity contribution in [2.24, 2.45) is 16.8 Å². The summed E-state index contributed by atoms with van der Waals surface area (Å²) in [6.45, 7) is 11.6. The summed E-state index contributed by atoms with van der Waals surface area (Å²) in [4.78, 5) is 29.0. The third kappa shape index (κ3) is 6.69. The molecule has 1 atom stereocenters. The molecule has 0 unspecified atom stereocenters. The molecule has 0 bridgehead atoms. The second-order valence-corrected chi connectivity index (χ2v) is 8.66. The summed E-state index contributed by atoms with van der Waals surface area (Å²) in [6.07, 6.45) is 5.09. The number of anilines is 1. The van der Waals surface area contributed by atoms with Crippen LogP contribution < -0.4 is 20.1 Å². The number of nitrogens with zero attached hydrogens (tertiary/aromatic N) is 1. The first-order valence-corrected chi connectivity index (χ1v) is 11.4. The van der Waals surface area contributed by atoms with Crippen LogP contribution in [0.1, 0.15) is 31.9 Å². The lowest BCUT2D eigenvalue weighted by Gasteiger charge is -2.16. The maximum atomic E-state index is 12.6. The van der Waals surface area contributed by atoms with Gasteiger partial charge in [-0.25, -0.2) is 4.99 Å². The van der Waals surface area contributed by atoms with Crippen LogP contribution in [0.2, 0.25) is 0 Å². The van der Waals surface area contributed by atoms with Crippen molar-refractivity contribution in [2.75, 3.05) is 12.4 Å². The van der Waals surface area contributed by atoms with Crippen LogP contribution in [0.4, 0.5) is 5.69 Å². The predicted octanol–water partition coefficient (Wildman–Crippen LogP) is 5.25. The first-order chi connectivity index (χ1) is 16.7. The van der Waals surface area contributed by atoms with Crippen LogP contribution >= 0.6 is 0 Å². The fraction of sp³-hybridized carbons (Fsp3) is 0.250. The second-order valence-electron chi connectivity index (χ2n) is 8.66. The van der Waals surface area contributed by atoms with Gasteiger partial charge in [-0.05, 0) is 60.9 Å². The summed E-state index contributed by atoms with van der Waals surface area (Å²) in [5, 5.41) is 5.99. The van der Waals surface area contributed by atoms with Crippen molar-refractivity contribution >= 4 is 29.5 Å². The number of amides is 1. The third-order valence-electron chi connectivity index (χ3n) is 5.74. The summed E-state index contributed by atoms with van der Waals surface area (Å²) >= 11 is 0. The third-order valence-corrected chi connectivity index (χ3v) is 5.74. The van der Waals surface area contributed by atoms with Crippen molar-refractivity contribution in [2.45, 2.75) is 27.7 Å². The predicted molar refractivity (Wildman–Crippen MR) is 139 cm³/mol. The minimum Gasteiger partial charge on any atom is -0.496 e. The van der Waals surface area contributed by atoms with Gasteiger partial charge in [-0.1, -0.05) is 39.5 Å². The highest BCUT2D eigenvalue weighted by Crippen LogP contribution is 2.25. The SMILES string of the molecule is C=C(/C=C1/N=CC=C(c2ccc(C)c(OC)c2)N1)C(=O)Nc1ccc(OC(=O)[C@@H](C)C(C)C)cc1. The topological polar surface area (TPSA) is 89.0 Å². The van der Waals surface area contributed by atoms with Gasteiger partial charge < -0.3 is 20.1 Å². The number of carbonyl (C=O) groups is 2. The van der Waals surface area contributed by atoms with Gasteiger partial charge in [-0.2, -0.15) is 0 Å². The quantitative estimate of drug-likeness (QED) is 0.310. The Morgan fingerprint density at radius 3 is 2.49 bits per heavy atom. The smallest absolute Gasteiger partial charge is 0.314 e. The van der Waals surface area contributed by atoms with E-state index >= 15 is 0 Å². The summed E-state index contributed by atoms with van der Waals surface area (Å²) < 4.78 is 10.8. The number of carbonyl (C=O) groups excluding carboxylic acids is 2. The molecule has 1 heterocycles. The number of allylic oxidation sites excluding steroid dienone is 1. The second kappa shape index (κ2) is 11.3. The van der Waals surface area contributed by atoms with Crippen LogP contribution in [-0.4, -0.2) is 25.2 Å². The highest BCUT2D eigenvalue weighted by molar-refractivity contribution is 6.05. The van der Waals surface area contributed by atoms with E-state index in [4.69, 9.17) is 9.47 Å². The zero-order chi connectivity index (χ0) is 25.5. The Bertz CT molecular complexity index is 1210. The highest BCUT2D eigenvalue weighted by atomic mass is 16.5. The molecule has 7 nitrogen and oxygen atoms in total. The Labute approximate surface area is 206 Å². The zero-order valence-electron chi connectivity index (χ0n) is 20.7. The molecule has 0 radical (unpaired) electrons. The minimum atomic E-state index is -0.374. The lowest BCUT2D eigenvalue weighted by Crippen LogP contribution is -2.22. The van der Waals surface area contributed by atoms with Crippen LogP contribution in [-0.2, 0) is 9.59 Å². The number of rotatable bonds is 8. The number of benzene rings is 2. The Balaban J connectivity index is 1.61. The number of hydrogen-bond donors (Lipinski definition) is 2. The van der Waals surface area contributed by atoms with E-state index in [1.165, 1.54) is 0 Å². The van der Waals surface area contributed by atoms with Crippen LogP contribution in [0.25, 0.3) is 5.70 Å². The van der Waals surface area contributed by atoms with E-state index < -0.39 is 0 Å². The van der Waals surface area contributed by atoms with Crippen LogP contribution in [0, 0.1) is 18.8 Å². The van der Waals surface area contributed by atoms with Crippen LogP contribution in [0.3, 0.4) is 0 Å². The number of hydrogen-bond acceptors (Lipinski definition) is 6. The molecule has 2 aromatic carbocycles. The van der Waals surface area contributed by atoms with Crippen LogP contribution in [0.5, 0.6) is 11.5 Å². The highest BCUT2D eigenvalue weighted by Gasteiger charge is 2.19. The molecule has 1 amide bonds. The molecule has 0 saturated heterocycles. The first-order valence-electron chi connectivity index (χ1n) is 11.4. The number of ether oxygens (including phenoxy) is 2. The van der Waals surface area contributed by atoms with Crippen molar-refractivity contribution in [3.63, 3.8) is 0 Å². The largest absolute Gasteiger partial charge is 0.496 e. The molecule has 182 valence electrons. The monoisotopic (exact) mass is 473 g/mol. The molecular formula is C28H31N3O4. The van der Waals surface area contributed by atoms with E-state index in [0.29, 0.717) is 17.3 Å². The fourth-order valence-electron chi connectivity index (χ4n) is 3.16. The maximum Gasteiger partial charge on any atom is 0.314 e. The number of aliphatic imine (C=N–C) groups is 1. The van der Waals surface area contributed by atoms with Gasteiger partial charge in [0.1, 0.15) is 17.3 Å². The molecule has 2 N–H and O–H groups in total. The summed E-state index contributed by atoms with van der Waals surface area (Å²) in [7, 11) is 1.64. The van der Waals surface area contributed by atoms with Gasteiger partial charge in [0.2, 0.25) is 0 Å². The fourth-order valence-corrected chi connectivity index (χ4v) is 3.16. The van der Waals surface area contributed by atoms with Crippen molar-refractivity contribution in [1.82, 2.24) is 5.32 Å². The standard InChI is InChI=1S/C28H31N3O4/c1-17(2)20(5)28(33)35-23-11-9-22(10-12-23)30-27(32)19(4)15-26-29-14-13-24(31-26)21-8-7-18(3)25(16-21)34-6/h7-17,20,31H,4H2,1-3,5-6H3,(H,30,32)/b26-15-/t20-/m0/s1. The molecular weight excluding hydrogens is 442 g/mol. The van der Waals surface area contributed by atoms with E-state index in [1.54, 1.807) is 43.7 Å². The zero-order valence-corrected chi connectivity index (χ0v) is 20.7. The van der Waals surface area contributed by atoms with E-state index in [9.17, 15) is 9.59 Å². The number of esters is 1. The summed E-state index contributed by atoms with van der Waals surface area (Å²) in [6, 6.07) is 12.5. The van der Waals surface area contributed by atoms with Gasteiger partial charge in [-0.3, -0.25) is 9.59 Å². The molecule has 0 aliphatic carbocycles. The number of nitrogens with one attached hydrogen (secondary N) is 2. The molecule has 1 aliphatic rings. The van der Waals surface area contributed by atoms with Gasteiger partial charge in [-0.15, -0.1) is 0 Å². The minimum absolute atomic E-state index is 0.190. The average Bonchev–Trinajstić information content (AvgIpc) is 2.85. The molecule has 0 saturated carbocycles. The Kier molecular flexibility index (Phi) is 8.25. The van der Waals surface area contributed by atoms with E-state index in [1.807, 2.05) is 52.0 Å². The number of methoxy groups -OCH3 is 1. The Morgan fingerprint density at radius 2 is 1.83 bits per heavy atom. The molecule has 0 fully saturated rings. The van der Waals surface area contributed by atoms with Gasteiger partial charge in [0.15, 0.2) is 0 Å². The number of aryl methyl sites for hydroxylation is 1. The van der Waals surface area contributed by atoms with Gasteiger partial charge in [0.05, 0.1) is 13.0 Å². The van der Waals surface area contributed by atoms with Gasteiger partial charge in [0, 0.05) is 28.7 Å². The van der Waals surface area contributed by atoms with E-state index in [-0.39, 0.29) is 29.3 Å². The van der Waals surface area contributed by atoms with Crippen molar-refractivity contribution < 1.29 is 19.1 Å². The lowest BCUT2D eigenvalue weighted by molar-refractivity contribution is -0.139. The molecule has 3 rings (SSSR count). The van der Waals surface area contributed by atoms with Crippen molar-refractivity contribution in [3.05, 3.63) is 83.7 Å². The summed E-state index contributed by atoms with van der Waals surface area (Å²) in [5.41, 5.74) is 3.59. The molecule has 35 heavy (non-hydrogen) atoms. The Hall–Kier alpha value is -4.13. The van der Waals surface area contributed by atoms with Gasteiger partial charge in [0.25, 0.3) is 5.91 Å². The Morgan fingerprint density at radius 1 is 1.11 bits per heavy atom. The molecule has 2 aromatic rings. The lowest BCUT2D eigenvalue weighted by atomic mass is 9.99. The van der Waals surface area contributed by atoms with E-state index in [0.717, 1.165) is 22.6 Å².